The fraction of sp³-hybridized carbons (Fsp3) is 1.00. The van der Waals surface area contributed by atoms with Crippen molar-refractivity contribution in [1.82, 2.24) is 5.32 Å². The van der Waals surface area contributed by atoms with E-state index in [0.717, 1.165) is 0 Å². The summed E-state index contributed by atoms with van der Waals surface area (Å²) in [5.41, 5.74) is 0. The summed E-state index contributed by atoms with van der Waals surface area (Å²) >= 11 is 0. The first-order chi connectivity index (χ1) is 18.4. The van der Waals surface area contributed by atoms with Crippen LogP contribution in [0.4, 0.5) is 0 Å². The van der Waals surface area contributed by atoms with Crippen LogP contribution in [0.15, 0.2) is 0 Å². The first kappa shape index (κ1) is 40.1. The Morgan fingerprint density at radius 2 is 0.395 bits per heavy atom. The van der Waals surface area contributed by atoms with E-state index < -0.39 is 0 Å². The molecule has 0 aliphatic rings. The fourth-order valence-corrected chi connectivity index (χ4v) is 5.72. The standard InChI is InChI=1S/C36H75N.H2O/c1-3-5-7-9-11-13-15-17-19-21-23-25-27-29-31-33-35-37-36-34-32-30-28-26-24-22-20-18-16-14-12-10-8-6-4-2;/h37H,3-36H2,1-2H3;1H2. The van der Waals surface area contributed by atoms with Gasteiger partial charge in [0, 0.05) is 0 Å². The molecule has 38 heavy (non-hydrogen) atoms. The Morgan fingerprint density at radius 3 is 0.579 bits per heavy atom. The molecule has 0 saturated carbocycles. The molecule has 232 valence electrons. The Balaban J connectivity index is 0. The largest absolute Gasteiger partial charge is 0.412 e. The monoisotopic (exact) mass is 540 g/mol. The first-order valence-corrected chi connectivity index (χ1v) is 18.1. The molecule has 0 aromatic rings. The second kappa shape index (κ2) is 39.1. The predicted molar refractivity (Wildman–Crippen MR) is 176 cm³/mol. The van der Waals surface area contributed by atoms with Crippen LogP contribution in [0.1, 0.15) is 219 Å². The van der Waals surface area contributed by atoms with Crippen LogP contribution in [-0.2, 0) is 0 Å². The zero-order valence-corrected chi connectivity index (χ0v) is 27.0. The van der Waals surface area contributed by atoms with Crippen LogP contribution in [-0.4, -0.2) is 18.6 Å². The molecule has 0 aliphatic carbocycles. The van der Waals surface area contributed by atoms with E-state index in [-0.39, 0.29) is 5.48 Å². The molecule has 0 atom stereocenters. The zero-order valence-electron chi connectivity index (χ0n) is 27.0. The maximum atomic E-state index is 3.68. The third-order valence-corrected chi connectivity index (χ3v) is 8.41. The maximum absolute atomic E-state index is 3.68. The summed E-state index contributed by atoms with van der Waals surface area (Å²) in [7, 11) is 0. The second-order valence-corrected chi connectivity index (χ2v) is 12.4. The summed E-state index contributed by atoms with van der Waals surface area (Å²) in [4.78, 5) is 0. The van der Waals surface area contributed by atoms with Crippen molar-refractivity contribution in [1.29, 1.82) is 0 Å². The van der Waals surface area contributed by atoms with E-state index in [1.54, 1.807) is 0 Å². The molecule has 0 aliphatic heterocycles. The van der Waals surface area contributed by atoms with Crippen molar-refractivity contribution in [3.05, 3.63) is 0 Å². The van der Waals surface area contributed by atoms with Crippen LogP contribution >= 0.6 is 0 Å². The highest BCUT2D eigenvalue weighted by atomic mass is 16.0. The van der Waals surface area contributed by atoms with Crippen molar-refractivity contribution >= 4 is 0 Å². The van der Waals surface area contributed by atoms with E-state index in [2.05, 4.69) is 19.2 Å². The van der Waals surface area contributed by atoms with Crippen molar-refractivity contribution in [3.63, 3.8) is 0 Å². The summed E-state index contributed by atoms with van der Waals surface area (Å²) < 4.78 is 0. The first-order valence-electron chi connectivity index (χ1n) is 18.1. The molecule has 0 amide bonds. The quantitative estimate of drug-likeness (QED) is 0.0812. The SMILES string of the molecule is CCCCCCCCCCCCCCCCCCNCCCCCCCCCCCCCCCCCC.O. The average molecular weight is 540 g/mol. The second-order valence-electron chi connectivity index (χ2n) is 12.4. The van der Waals surface area contributed by atoms with Crippen LogP contribution in [0.5, 0.6) is 0 Å². The van der Waals surface area contributed by atoms with Gasteiger partial charge in [-0.1, -0.05) is 206 Å². The number of hydrogen-bond donors (Lipinski definition) is 1. The lowest BCUT2D eigenvalue weighted by molar-refractivity contribution is 0.515. The van der Waals surface area contributed by atoms with Crippen LogP contribution < -0.4 is 5.32 Å². The summed E-state index contributed by atoms with van der Waals surface area (Å²) in [6.07, 6.45) is 46.7. The molecule has 0 unspecified atom stereocenters. The number of rotatable bonds is 34. The number of hydrogen-bond acceptors (Lipinski definition) is 1. The van der Waals surface area contributed by atoms with Crippen molar-refractivity contribution in [2.75, 3.05) is 13.1 Å². The summed E-state index contributed by atoms with van der Waals surface area (Å²) in [6, 6.07) is 0. The van der Waals surface area contributed by atoms with Crippen molar-refractivity contribution in [3.8, 4) is 0 Å². The molecule has 0 heterocycles. The summed E-state index contributed by atoms with van der Waals surface area (Å²) in [5, 5.41) is 3.68. The number of nitrogens with one attached hydrogen (secondary N) is 1. The van der Waals surface area contributed by atoms with Crippen LogP contribution in [0, 0.1) is 0 Å². The smallest absolute Gasteiger partial charge is 0.00489 e. The van der Waals surface area contributed by atoms with Gasteiger partial charge in [-0.15, -0.1) is 0 Å². The van der Waals surface area contributed by atoms with E-state index in [4.69, 9.17) is 0 Å². The van der Waals surface area contributed by atoms with E-state index in [9.17, 15) is 0 Å². The average Bonchev–Trinajstić information content (AvgIpc) is 2.91. The molecule has 0 radical (unpaired) electrons. The Bertz CT molecular complexity index is 338. The number of unbranched alkanes of at least 4 members (excludes halogenated alkanes) is 30. The van der Waals surface area contributed by atoms with Gasteiger partial charge in [-0.05, 0) is 25.9 Å². The molecule has 3 N–H and O–H groups in total. The lowest BCUT2D eigenvalue weighted by Crippen LogP contribution is -2.16. The van der Waals surface area contributed by atoms with E-state index in [1.807, 2.05) is 0 Å². The molecular formula is C36H77NO. The van der Waals surface area contributed by atoms with E-state index >= 15 is 0 Å². The molecule has 0 fully saturated rings. The third-order valence-electron chi connectivity index (χ3n) is 8.41. The molecule has 2 heteroatoms. The van der Waals surface area contributed by atoms with Crippen LogP contribution in [0.25, 0.3) is 0 Å². The minimum absolute atomic E-state index is 0. The van der Waals surface area contributed by atoms with Crippen molar-refractivity contribution < 1.29 is 5.48 Å². The molecule has 0 aromatic heterocycles. The third kappa shape index (κ3) is 38.1. The van der Waals surface area contributed by atoms with Crippen molar-refractivity contribution in [2.24, 2.45) is 0 Å². The minimum atomic E-state index is 0. The van der Waals surface area contributed by atoms with Crippen LogP contribution in [0.3, 0.4) is 0 Å². The van der Waals surface area contributed by atoms with Gasteiger partial charge in [0.25, 0.3) is 0 Å². The van der Waals surface area contributed by atoms with Crippen molar-refractivity contribution in [2.45, 2.75) is 219 Å². The Morgan fingerprint density at radius 1 is 0.237 bits per heavy atom. The fourth-order valence-electron chi connectivity index (χ4n) is 5.72. The topological polar surface area (TPSA) is 43.5 Å². The van der Waals surface area contributed by atoms with Gasteiger partial charge in [0.05, 0.1) is 0 Å². The van der Waals surface area contributed by atoms with Gasteiger partial charge < -0.3 is 10.8 Å². The summed E-state index contributed by atoms with van der Waals surface area (Å²) in [5.74, 6) is 0. The molecule has 0 saturated heterocycles. The molecule has 2 nitrogen and oxygen atoms in total. The molecule has 0 rings (SSSR count). The Hall–Kier alpha value is -0.0800. The summed E-state index contributed by atoms with van der Waals surface area (Å²) in [6.45, 7) is 7.11. The van der Waals surface area contributed by atoms with Gasteiger partial charge in [0.15, 0.2) is 0 Å². The van der Waals surface area contributed by atoms with Gasteiger partial charge in [0.2, 0.25) is 0 Å². The highest BCUT2D eigenvalue weighted by Gasteiger charge is 1.97. The van der Waals surface area contributed by atoms with Gasteiger partial charge in [-0.2, -0.15) is 0 Å². The minimum Gasteiger partial charge on any atom is -0.412 e. The lowest BCUT2D eigenvalue weighted by atomic mass is 10.0. The Labute approximate surface area is 243 Å². The molecule has 0 bridgehead atoms. The predicted octanol–water partition coefficient (Wildman–Crippen LogP) is 12.3. The van der Waals surface area contributed by atoms with Gasteiger partial charge in [-0.3, -0.25) is 0 Å². The van der Waals surface area contributed by atoms with Gasteiger partial charge >= 0.3 is 0 Å². The Kier molecular flexibility index (Phi) is 41.2. The molecule has 0 aromatic carbocycles. The maximum Gasteiger partial charge on any atom is -0.00489 e. The van der Waals surface area contributed by atoms with E-state index in [1.165, 1.54) is 219 Å². The van der Waals surface area contributed by atoms with Crippen LogP contribution in [0.2, 0.25) is 0 Å². The molecule has 0 spiro atoms. The lowest BCUT2D eigenvalue weighted by Gasteiger charge is -2.06. The van der Waals surface area contributed by atoms with E-state index in [0.29, 0.717) is 0 Å². The molecular weight excluding hydrogens is 462 g/mol. The van der Waals surface area contributed by atoms with Gasteiger partial charge in [-0.25, -0.2) is 0 Å². The highest BCUT2D eigenvalue weighted by molar-refractivity contribution is 4.54. The highest BCUT2D eigenvalue weighted by Crippen LogP contribution is 2.15. The van der Waals surface area contributed by atoms with Gasteiger partial charge in [0.1, 0.15) is 0 Å². The zero-order chi connectivity index (χ0) is 26.7. The normalized spacial score (nSPS) is 11.2.